The van der Waals surface area contributed by atoms with Crippen LogP contribution in [0.25, 0.3) is 11.3 Å². The lowest BCUT2D eigenvalue weighted by molar-refractivity contribution is 0.0374. The number of rotatable bonds is 5. The van der Waals surface area contributed by atoms with E-state index in [2.05, 4.69) is 11.1 Å². The Morgan fingerprint density at radius 1 is 1.19 bits per heavy atom. The van der Waals surface area contributed by atoms with E-state index < -0.39 is 0 Å². The van der Waals surface area contributed by atoms with Crippen molar-refractivity contribution in [2.24, 2.45) is 7.05 Å². The van der Waals surface area contributed by atoms with Gasteiger partial charge in [0.05, 0.1) is 50.9 Å². The van der Waals surface area contributed by atoms with Gasteiger partial charge in [-0.1, -0.05) is 0 Å². The topological polar surface area (TPSA) is 102 Å². The van der Waals surface area contributed by atoms with Crippen LogP contribution < -0.4 is 19.9 Å². The average Bonchev–Trinajstić information content (AvgIpc) is 2.85. The molecule has 1 aromatic carbocycles. The van der Waals surface area contributed by atoms with Crippen LogP contribution in [0.5, 0.6) is 11.5 Å². The number of benzene rings is 1. The summed E-state index contributed by atoms with van der Waals surface area (Å²) in [6, 6.07) is 10.7. The Hall–Kier alpha value is -3.90. The molecule has 0 amide bonds. The summed E-state index contributed by atoms with van der Waals surface area (Å²) in [5.41, 5.74) is 2.33. The molecule has 0 radical (unpaired) electrons. The van der Waals surface area contributed by atoms with Crippen LogP contribution in [0, 0.1) is 11.3 Å². The molecule has 9 nitrogen and oxygen atoms in total. The fourth-order valence-corrected chi connectivity index (χ4v) is 3.78. The van der Waals surface area contributed by atoms with Crippen LogP contribution in [0.3, 0.4) is 0 Å². The Balaban J connectivity index is 1.72. The Morgan fingerprint density at radius 2 is 2.00 bits per heavy atom. The molecule has 1 saturated heterocycles. The lowest BCUT2D eigenvalue weighted by Gasteiger charge is -2.35. The Bertz CT molecular complexity index is 1230. The van der Waals surface area contributed by atoms with Crippen LogP contribution in [-0.2, 0) is 11.8 Å². The van der Waals surface area contributed by atoms with Gasteiger partial charge in [-0.25, -0.2) is 4.98 Å². The number of aromatic nitrogens is 3. The number of hydrogen-bond acceptors (Lipinski definition) is 8. The molecule has 4 rings (SSSR count). The molecule has 2 aromatic heterocycles. The molecule has 1 fully saturated rings. The van der Waals surface area contributed by atoms with Gasteiger partial charge in [-0.3, -0.25) is 14.3 Å². The Kier molecular flexibility index (Phi) is 6.05. The van der Waals surface area contributed by atoms with Crippen LogP contribution in [-0.4, -0.2) is 48.5 Å². The second kappa shape index (κ2) is 9.08. The fourth-order valence-electron chi connectivity index (χ4n) is 3.78. The molecule has 3 aromatic rings. The van der Waals surface area contributed by atoms with Gasteiger partial charge < -0.3 is 19.1 Å². The maximum absolute atomic E-state index is 12.8. The summed E-state index contributed by atoms with van der Waals surface area (Å²) in [6.45, 7) is 1.44. The zero-order valence-electron chi connectivity index (χ0n) is 18.1. The summed E-state index contributed by atoms with van der Waals surface area (Å²) in [5, 5.41) is 9.30. The first-order valence-electron chi connectivity index (χ1n) is 10.1. The number of ether oxygens (including phenoxy) is 3. The second-order valence-electron chi connectivity index (χ2n) is 7.29. The van der Waals surface area contributed by atoms with Gasteiger partial charge in [-0.05, 0) is 24.3 Å². The number of pyridine rings is 1. The van der Waals surface area contributed by atoms with E-state index in [0.717, 1.165) is 5.56 Å². The normalized spacial score (nSPS) is 15.8. The molecule has 0 spiro atoms. The van der Waals surface area contributed by atoms with Crippen molar-refractivity contribution in [3.8, 4) is 28.8 Å². The first-order chi connectivity index (χ1) is 15.5. The molecule has 0 unspecified atom stereocenters. The molecule has 1 aliphatic heterocycles. The van der Waals surface area contributed by atoms with E-state index in [-0.39, 0.29) is 11.7 Å². The van der Waals surface area contributed by atoms with E-state index in [1.807, 2.05) is 4.90 Å². The van der Waals surface area contributed by atoms with Crippen molar-refractivity contribution in [3.05, 3.63) is 64.2 Å². The van der Waals surface area contributed by atoms with E-state index in [1.54, 1.807) is 57.9 Å². The van der Waals surface area contributed by atoms with Gasteiger partial charge in [0.15, 0.2) is 0 Å². The molecule has 32 heavy (non-hydrogen) atoms. The predicted molar refractivity (Wildman–Crippen MR) is 118 cm³/mol. The highest BCUT2D eigenvalue weighted by atomic mass is 16.5. The summed E-state index contributed by atoms with van der Waals surface area (Å²) in [4.78, 5) is 23.6. The fraction of sp³-hybridized carbons (Fsp3) is 0.304. The van der Waals surface area contributed by atoms with Gasteiger partial charge in [-0.15, -0.1) is 0 Å². The molecular formula is C23H23N5O4. The van der Waals surface area contributed by atoms with E-state index in [9.17, 15) is 10.1 Å². The van der Waals surface area contributed by atoms with E-state index in [0.29, 0.717) is 54.0 Å². The van der Waals surface area contributed by atoms with E-state index in [1.165, 1.54) is 10.6 Å². The van der Waals surface area contributed by atoms with Crippen molar-refractivity contribution in [2.75, 3.05) is 38.8 Å². The number of hydrogen-bond donors (Lipinski definition) is 0. The summed E-state index contributed by atoms with van der Waals surface area (Å²) in [7, 11) is 4.83. The lowest BCUT2D eigenvalue weighted by atomic mass is 10.0. The zero-order valence-corrected chi connectivity index (χ0v) is 18.1. The lowest BCUT2D eigenvalue weighted by Crippen LogP contribution is -2.41. The molecule has 0 saturated carbocycles. The quantitative estimate of drug-likeness (QED) is 0.604. The molecule has 9 heteroatoms. The van der Waals surface area contributed by atoms with Crippen LogP contribution in [0.4, 0.5) is 5.95 Å². The third-order valence-electron chi connectivity index (χ3n) is 5.45. The van der Waals surface area contributed by atoms with Crippen molar-refractivity contribution in [1.82, 2.24) is 14.5 Å². The molecule has 0 N–H and O–H groups in total. The monoisotopic (exact) mass is 433 g/mol. The van der Waals surface area contributed by atoms with Crippen molar-refractivity contribution in [3.63, 3.8) is 0 Å². The van der Waals surface area contributed by atoms with Gasteiger partial charge >= 0.3 is 0 Å². The molecule has 0 bridgehead atoms. The van der Waals surface area contributed by atoms with Crippen LogP contribution in [0.2, 0.25) is 0 Å². The highest BCUT2D eigenvalue weighted by Crippen LogP contribution is 2.33. The smallest absolute Gasteiger partial charge is 0.255 e. The third kappa shape index (κ3) is 4.00. The maximum Gasteiger partial charge on any atom is 0.255 e. The minimum absolute atomic E-state index is 0.184. The van der Waals surface area contributed by atoms with Crippen molar-refractivity contribution in [2.45, 2.75) is 6.10 Å². The first-order valence-corrected chi connectivity index (χ1v) is 10.1. The summed E-state index contributed by atoms with van der Waals surface area (Å²) >= 11 is 0. The minimum atomic E-state index is -0.344. The van der Waals surface area contributed by atoms with Crippen molar-refractivity contribution < 1.29 is 14.2 Å². The molecule has 3 heterocycles. The van der Waals surface area contributed by atoms with Crippen LogP contribution in [0.15, 0.2) is 47.5 Å². The van der Waals surface area contributed by atoms with Gasteiger partial charge in [0.25, 0.3) is 5.56 Å². The Labute approximate surface area is 185 Å². The van der Waals surface area contributed by atoms with E-state index >= 15 is 0 Å². The first kappa shape index (κ1) is 21.3. The predicted octanol–water partition coefficient (Wildman–Crippen LogP) is 2.31. The van der Waals surface area contributed by atoms with Gasteiger partial charge in [0.1, 0.15) is 17.6 Å². The number of anilines is 1. The average molecular weight is 433 g/mol. The summed E-state index contributed by atoms with van der Waals surface area (Å²) in [6.07, 6.45) is 2.88. The molecular weight excluding hydrogens is 410 g/mol. The van der Waals surface area contributed by atoms with Gasteiger partial charge in [0.2, 0.25) is 5.95 Å². The molecule has 1 aliphatic rings. The third-order valence-corrected chi connectivity index (χ3v) is 5.45. The summed E-state index contributed by atoms with van der Waals surface area (Å²) < 4.78 is 18.4. The van der Waals surface area contributed by atoms with Crippen molar-refractivity contribution >= 4 is 5.95 Å². The molecule has 1 atom stereocenters. The zero-order chi connectivity index (χ0) is 22.7. The SMILES string of the molecule is COc1cnccc1-c1cc(=O)n(C)c(N2CCO[C@@H](c3cc(C#N)ccc3OC)C2)n1. The van der Waals surface area contributed by atoms with Crippen LogP contribution in [0.1, 0.15) is 17.2 Å². The van der Waals surface area contributed by atoms with Crippen LogP contribution >= 0.6 is 0 Å². The Morgan fingerprint density at radius 3 is 2.75 bits per heavy atom. The van der Waals surface area contributed by atoms with Gasteiger partial charge in [-0.2, -0.15) is 5.26 Å². The van der Waals surface area contributed by atoms with Crippen molar-refractivity contribution in [1.29, 1.82) is 5.26 Å². The largest absolute Gasteiger partial charge is 0.496 e. The van der Waals surface area contributed by atoms with Gasteiger partial charge in [0, 0.05) is 37.0 Å². The highest BCUT2D eigenvalue weighted by molar-refractivity contribution is 5.67. The summed E-state index contributed by atoms with van der Waals surface area (Å²) in [5.74, 6) is 1.71. The number of nitrogens with zero attached hydrogens (tertiary/aromatic N) is 5. The number of methoxy groups -OCH3 is 2. The number of morpholine rings is 1. The van der Waals surface area contributed by atoms with E-state index in [4.69, 9.17) is 19.2 Å². The maximum atomic E-state index is 12.8. The highest BCUT2D eigenvalue weighted by Gasteiger charge is 2.27. The standard InChI is InChI=1S/C23H23N5O4/c1-27-22(29)11-18(16-6-7-25-13-20(16)31-3)26-23(27)28-8-9-32-21(14-28)17-10-15(12-24)4-5-19(17)30-2/h4-7,10-11,13,21H,8-9,14H2,1-3H3/t21-/m1/s1. The molecule has 164 valence electrons. The molecule has 0 aliphatic carbocycles. The second-order valence-corrected chi connectivity index (χ2v) is 7.29. The minimum Gasteiger partial charge on any atom is -0.496 e. The number of nitriles is 1.